The molecule has 5 heteroatoms. The van der Waals surface area contributed by atoms with Crippen LogP contribution in [0.5, 0.6) is 0 Å². The van der Waals surface area contributed by atoms with Gasteiger partial charge in [-0.05, 0) is 74.0 Å². The average Bonchev–Trinajstić information content (AvgIpc) is 3.51. The maximum atomic E-state index is 13.3. The summed E-state index contributed by atoms with van der Waals surface area (Å²) in [5.74, 6) is 0.208. The zero-order valence-corrected chi connectivity index (χ0v) is 17.2. The molecule has 0 bridgehead atoms. The number of benzene rings is 2. The lowest BCUT2D eigenvalue weighted by atomic mass is 9.96. The Labute approximate surface area is 176 Å². The molecule has 1 aliphatic carbocycles. The van der Waals surface area contributed by atoms with Gasteiger partial charge in [-0.3, -0.25) is 9.69 Å². The first-order valence-corrected chi connectivity index (χ1v) is 11.0. The van der Waals surface area contributed by atoms with Crippen LogP contribution in [-0.2, 0) is 17.9 Å². The van der Waals surface area contributed by atoms with Crippen LogP contribution in [0.4, 0.5) is 4.39 Å². The number of halogens is 1. The first-order chi connectivity index (χ1) is 14.7. The molecule has 1 saturated carbocycles. The Kier molecular flexibility index (Phi) is 5.30. The molecule has 0 unspecified atom stereocenters. The van der Waals surface area contributed by atoms with Gasteiger partial charge in [-0.2, -0.15) is 0 Å². The topological polar surface area (TPSA) is 37.3 Å². The van der Waals surface area contributed by atoms with Crippen LogP contribution in [0, 0.1) is 11.7 Å². The Morgan fingerprint density at radius 3 is 2.43 bits per heavy atom. The molecule has 2 fully saturated rings. The summed E-state index contributed by atoms with van der Waals surface area (Å²) in [6.45, 7) is 3.48. The summed E-state index contributed by atoms with van der Waals surface area (Å²) in [5, 5.41) is 4.39. The van der Waals surface area contributed by atoms with Gasteiger partial charge in [-0.25, -0.2) is 4.39 Å². The highest BCUT2D eigenvalue weighted by Crippen LogP contribution is 2.26. The number of nitrogens with zero attached hydrogens (tertiary/aromatic N) is 2. The van der Waals surface area contributed by atoms with E-state index in [1.54, 1.807) is 0 Å². The number of piperidine rings is 1. The maximum absolute atomic E-state index is 13.3. The predicted octanol–water partition coefficient (Wildman–Crippen LogP) is 4.32. The van der Waals surface area contributed by atoms with Gasteiger partial charge in [0.25, 0.3) is 0 Å². The molecule has 1 aliphatic heterocycles. The zero-order chi connectivity index (χ0) is 20.5. The number of nitrogens with one attached hydrogen (secondary N) is 1. The monoisotopic (exact) mass is 405 g/mol. The molecule has 0 spiro atoms. The molecule has 1 saturated heterocycles. The maximum Gasteiger partial charge on any atom is 0.223 e. The second-order valence-corrected chi connectivity index (χ2v) is 8.74. The molecule has 2 aromatic carbocycles. The number of hydrogen-bond donors (Lipinski definition) is 1. The highest BCUT2D eigenvalue weighted by molar-refractivity contribution is 5.81. The van der Waals surface area contributed by atoms with Crippen molar-refractivity contribution >= 4 is 16.8 Å². The fraction of sp³-hybridized carbons (Fsp3) is 0.400. The summed E-state index contributed by atoms with van der Waals surface area (Å²) >= 11 is 0. The van der Waals surface area contributed by atoms with Crippen molar-refractivity contribution in [2.45, 2.75) is 44.8 Å². The second kappa shape index (κ2) is 8.23. The molecule has 156 valence electrons. The van der Waals surface area contributed by atoms with E-state index < -0.39 is 0 Å². The lowest BCUT2D eigenvalue weighted by Gasteiger charge is -2.31. The number of rotatable bonds is 6. The Balaban J connectivity index is 1.30. The molecule has 0 radical (unpaired) electrons. The van der Waals surface area contributed by atoms with Crippen molar-refractivity contribution in [2.24, 2.45) is 5.92 Å². The molecule has 5 rings (SSSR count). The number of likely N-dealkylation sites (tertiary alicyclic amines) is 1. The fourth-order valence-corrected chi connectivity index (χ4v) is 4.49. The molecular weight excluding hydrogens is 377 g/mol. The summed E-state index contributed by atoms with van der Waals surface area (Å²) in [5.41, 5.74) is 3.56. The predicted molar refractivity (Wildman–Crippen MR) is 117 cm³/mol. The molecule has 2 heterocycles. The van der Waals surface area contributed by atoms with Gasteiger partial charge in [0.15, 0.2) is 0 Å². The normalized spacial score (nSPS) is 18.0. The van der Waals surface area contributed by atoms with Crippen molar-refractivity contribution in [3.05, 3.63) is 71.7 Å². The average molecular weight is 406 g/mol. The molecule has 30 heavy (non-hydrogen) atoms. The molecule has 1 aromatic heterocycles. The van der Waals surface area contributed by atoms with Crippen molar-refractivity contribution in [3.63, 3.8) is 0 Å². The van der Waals surface area contributed by atoms with E-state index in [9.17, 15) is 9.18 Å². The van der Waals surface area contributed by atoms with Crippen molar-refractivity contribution in [2.75, 3.05) is 13.1 Å². The molecule has 0 atom stereocenters. The minimum Gasteiger partial charge on any atom is -0.353 e. The van der Waals surface area contributed by atoms with Crippen LogP contribution in [0.1, 0.15) is 36.9 Å². The molecule has 1 amide bonds. The zero-order valence-electron chi connectivity index (χ0n) is 17.2. The van der Waals surface area contributed by atoms with Crippen molar-refractivity contribution in [1.82, 2.24) is 14.8 Å². The van der Waals surface area contributed by atoms with Crippen molar-refractivity contribution < 1.29 is 9.18 Å². The molecule has 4 nitrogen and oxygen atoms in total. The van der Waals surface area contributed by atoms with Crippen molar-refractivity contribution in [1.29, 1.82) is 0 Å². The van der Waals surface area contributed by atoms with Gasteiger partial charge in [0, 0.05) is 36.3 Å². The fourth-order valence-electron chi connectivity index (χ4n) is 4.49. The number of para-hydroxylation sites is 1. The van der Waals surface area contributed by atoms with Crippen LogP contribution < -0.4 is 5.32 Å². The van der Waals surface area contributed by atoms with Gasteiger partial charge in [0.2, 0.25) is 5.91 Å². The highest BCUT2D eigenvalue weighted by Gasteiger charge is 2.30. The van der Waals surface area contributed by atoms with Gasteiger partial charge in [-0.1, -0.05) is 30.3 Å². The molecule has 1 N–H and O–H groups in total. The largest absolute Gasteiger partial charge is 0.353 e. The van der Waals surface area contributed by atoms with Crippen LogP contribution in [0.3, 0.4) is 0 Å². The quantitative estimate of drug-likeness (QED) is 0.663. The van der Waals surface area contributed by atoms with Crippen LogP contribution >= 0.6 is 0 Å². The van der Waals surface area contributed by atoms with E-state index in [1.165, 1.54) is 28.7 Å². The summed E-state index contributed by atoms with van der Waals surface area (Å²) < 4.78 is 15.7. The van der Waals surface area contributed by atoms with Crippen LogP contribution in [-0.4, -0.2) is 34.5 Å². The van der Waals surface area contributed by atoms with Gasteiger partial charge < -0.3 is 9.88 Å². The Bertz CT molecular complexity index is 1030. The van der Waals surface area contributed by atoms with Crippen molar-refractivity contribution in [3.8, 4) is 0 Å². The number of aromatic nitrogens is 1. The second-order valence-electron chi connectivity index (χ2n) is 8.74. The summed E-state index contributed by atoms with van der Waals surface area (Å²) in [4.78, 5) is 14.8. The van der Waals surface area contributed by atoms with E-state index in [-0.39, 0.29) is 17.6 Å². The Morgan fingerprint density at radius 1 is 0.967 bits per heavy atom. The Morgan fingerprint density at radius 2 is 1.70 bits per heavy atom. The van der Waals surface area contributed by atoms with Gasteiger partial charge in [0.1, 0.15) is 5.82 Å². The van der Waals surface area contributed by atoms with Crippen LogP contribution in [0.25, 0.3) is 10.9 Å². The number of fused-ring (bicyclic) bond motifs is 1. The number of carbonyl (C=O) groups excluding carboxylic acids is 1. The minimum atomic E-state index is -0.204. The summed E-state index contributed by atoms with van der Waals surface area (Å²) in [7, 11) is 0. The Hall–Kier alpha value is -2.66. The minimum absolute atomic E-state index is 0.159. The van der Waals surface area contributed by atoms with E-state index in [4.69, 9.17) is 0 Å². The third-order valence-electron chi connectivity index (χ3n) is 6.42. The first kappa shape index (κ1) is 19.3. The van der Waals surface area contributed by atoms with E-state index in [0.717, 1.165) is 57.4 Å². The van der Waals surface area contributed by atoms with Gasteiger partial charge >= 0.3 is 0 Å². The van der Waals surface area contributed by atoms with E-state index in [2.05, 4.69) is 45.1 Å². The lowest BCUT2D eigenvalue weighted by molar-refractivity contribution is -0.126. The highest BCUT2D eigenvalue weighted by atomic mass is 19.1. The first-order valence-electron chi connectivity index (χ1n) is 11.0. The third kappa shape index (κ3) is 4.26. The summed E-state index contributed by atoms with van der Waals surface area (Å²) in [6.07, 6.45) is 4.14. The van der Waals surface area contributed by atoms with E-state index >= 15 is 0 Å². The number of carbonyl (C=O) groups is 1. The lowest BCUT2D eigenvalue weighted by Crippen LogP contribution is -2.41. The van der Waals surface area contributed by atoms with E-state index in [0.29, 0.717) is 6.04 Å². The third-order valence-corrected chi connectivity index (χ3v) is 6.42. The van der Waals surface area contributed by atoms with Crippen LogP contribution in [0.15, 0.2) is 54.6 Å². The SMILES string of the molecule is O=C(NC1CC1)C1CCN(Cc2cc3ccccc3n2Cc2ccc(F)cc2)CC1. The molecule has 3 aromatic rings. The number of amides is 1. The summed E-state index contributed by atoms with van der Waals surface area (Å²) in [6, 6.07) is 17.9. The van der Waals surface area contributed by atoms with Gasteiger partial charge in [-0.15, -0.1) is 0 Å². The molecular formula is C25H28FN3O. The van der Waals surface area contributed by atoms with Gasteiger partial charge in [0.05, 0.1) is 0 Å². The molecule has 2 aliphatic rings. The number of hydrogen-bond acceptors (Lipinski definition) is 2. The van der Waals surface area contributed by atoms with E-state index in [1.807, 2.05) is 12.1 Å². The van der Waals surface area contributed by atoms with Crippen LogP contribution in [0.2, 0.25) is 0 Å². The smallest absolute Gasteiger partial charge is 0.223 e. The standard InChI is InChI=1S/C25H28FN3O/c26-21-7-5-18(6-8-21)16-29-23(15-20-3-1-2-4-24(20)29)17-28-13-11-19(12-14-28)25(30)27-22-9-10-22/h1-8,15,19,22H,9-14,16-17H2,(H,27,30).